The van der Waals surface area contributed by atoms with E-state index >= 15 is 0 Å². The Labute approximate surface area is 78.5 Å². The fraction of sp³-hybridized carbons (Fsp3) is 0.700. The number of anilines is 1. The summed E-state index contributed by atoms with van der Waals surface area (Å²) in [6, 6.07) is 1.86. The predicted octanol–water partition coefficient (Wildman–Crippen LogP) is 2.67. The van der Waals surface area contributed by atoms with Gasteiger partial charge in [0.1, 0.15) is 6.26 Å². The molecule has 0 aromatic carbocycles. The largest absolute Gasteiger partial charge is 0.367 e. The maximum absolute atomic E-state index is 4.74. The van der Waals surface area contributed by atoms with Crippen LogP contribution in [0.4, 0.5) is 5.82 Å². The van der Waals surface area contributed by atoms with Crippen LogP contribution in [0.25, 0.3) is 0 Å². The van der Waals surface area contributed by atoms with Crippen LogP contribution in [0, 0.1) is 5.92 Å². The van der Waals surface area contributed by atoms with Crippen molar-refractivity contribution in [2.24, 2.45) is 5.92 Å². The van der Waals surface area contributed by atoms with Crippen LogP contribution in [-0.2, 0) is 0 Å². The maximum atomic E-state index is 4.74. The second-order valence-electron chi connectivity index (χ2n) is 3.77. The Morgan fingerprint density at radius 1 is 1.38 bits per heavy atom. The van der Waals surface area contributed by atoms with Gasteiger partial charge in [-0.15, -0.1) is 0 Å². The van der Waals surface area contributed by atoms with E-state index in [1.54, 1.807) is 6.26 Å². The summed E-state index contributed by atoms with van der Waals surface area (Å²) < 4.78 is 4.74. The molecule has 1 N–H and O–H groups in total. The summed E-state index contributed by atoms with van der Waals surface area (Å²) >= 11 is 0. The number of hydrogen-bond acceptors (Lipinski definition) is 3. The monoisotopic (exact) mass is 180 g/mol. The smallest absolute Gasteiger partial charge is 0.169 e. The fourth-order valence-corrected chi connectivity index (χ4v) is 1.94. The number of nitrogens with one attached hydrogen (secondary N) is 1. The molecule has 0 spiro atoms. The van der Waals surface area contributed by atoms with Crippen molar-refractivity contribution >= 4 is 5.82 Å². The highest BCUT2D eigenvalue weighted by Gasteiger charge is 2.12. The molecule has 1 heterocycles. The van der Waals surface area contributed by atoms with Crippen molar-refractivity contribution in [2.45, 2.75) is 32.1 Å². The zero-order chi connectivity index (χ0) is 8.93. The first-order valence-electron chi connectivity index (χ1n) is 5.09. The van der Waals surface area contributed by atoms with Crippen molar-refractivity contribution in [1.29, 1.82) is 0 Å². The molecule has 1 aliphatic rings. The molecule has 3 nitrogen and oxygen atoms in total. The number of hydrogen-bond donors (Lipinski definition) is 1. The first-order valence-corrected chi connectivity index (χ1v) is 5.09. The van der Waals surface area contributed by atoms with E-state index in [9.17, 15) is 0 Å². The van der Waals surface area contributed by atoms with E-state index in [1.807, 2.05) is 6.07 Å². The highest BCUT2D eigenvalue weighted by atomic mass is 16.5. The minimum atomic E-state index is 0.838. The summed E-state index contributed by atoms with van der Waals surface area (Å²) in [4.78, 5) is 0. The second-order valence-corrected chi connectivity index (χ2v) is 3.77. The van der Waals surface area contributed by atoms with Gasteiger partial charge in [-0.3, -0.25) is 0 Å². The second kappa shape index (κ2) is 4.30. The van der Waals surface area contributed by atoms with Crippen molar-refractivity contribution in [3.63, 3.8) is 0 Å². The predicted molar refractivity (Wildman–Crippen MR) is 51.6 cm³/mol. The summed E-state index contributed by atoms with van der Waals surface area (Å²) in [6.07, 6.45) is 8.54. The highest BCUT2D eigenvalue weighted by molar-refractivity contribution is 5.30. The zero-order valence-corrected chi connectivity index (χ0v) is 7.83. The van der Waals surface area contributed by atoms with E-state index in [0.717, 1.165) is 18.3 Å². The first kappa shape index (κ1) is 8.60. The van der Waals surface area contributed by atoms with E-state index in [1.165, 1.54) is 32.1 Å². The molecule has 2 rings (SSSR count). The van der Waals surface area contributed by atoms with Gasteiger partial charge in [0.15, 0.2) is 5.82 Å². The molecule has 1 aliphatic carbocycles. The van der Waals surface area contributed by atoms with Crippen LogP contribution >= 0.6 is 0 Å². The van der Waals surface area contributed by atoms with Gasteiger partial charge in [0.05, 0.1) is 0 Å². The van der Waals surface area contributed by atoms with Crippen LogP contribution in [0.5, 0.6) is 0 Å². The number of rotatable bonds is 3. The van der Waals surface area contributed by atoms with Gasteiger partial charge in [0.2, 0.25) is 0 Å². The van der Waals surface area contributed by atoms with Gasteiger partial charge in [-0.1, -0.05) is 24.4 Å². The average molecular weight is 180 g/mol. The molecular weight excluding hydrogens is 164 g/mol. The van der Waals surface area contributed by atoms with Gasteiger partial charge in [0.25, 0.3) is 0 Å². The lowest BCUT2D eigenvalue weighted by Crippen LogP contribution is -2.17. The van der Waals surface area contributed by atoms with E-state index in [-0.39, 0.29) is 0 Å². The average Bonchev–Trinajstić information content (AvgIpc) is 2.69. The Kier molecular flexibility index (Phi) is 2.85. The lowest BCUT2D eigenvalue weighted by Gasteiger charge is -2.21. The van der Waals surface area contributed by atoms with E-state index in [0.29, 0.717) is 0 Å². The van der Waals surface area contributed by atoms with Gasteiger partial charge in [-0.05, 0) is 18.8 Å². The Morgan fingerprint density at radius 2 is 2.23 bits per heavy atom. The molecule has 0 saturated heterocycles. The third-order valence-electron chi connectivity index (χ3n) is 2.73. The number of aromatic nitrogens is 1. The summed E-state index contributed by atoms with van der Waals surface area (Å²) in [5.74, 6) is 1.70. The molecular formula is C10H16N2O. The molecule has 0 amide bonds. The highest BCUT2D eigenvalue weighted by Crippen LogP contribution is 2.23. The maximum Gasteiger partial charge on any atom is 0.169 e. The van der Waals surface area contributed by atoms with Crippen LogP contribution in [0.2, 0.25) is 0 Å². The quantitative estimate of drug-likeness (QED) is 0.777. The Bertz CT molecular complexity index is 227. The zero-order valence-electron chi connectivity index (χ0n) is 7.83. The van der Waals surface area contributed by atoms with Gasteiger partial charge in [-0.25, -0.2) is 0 Å². The van der Waals surface area contributed by atoms with Crippen LogP contribution in [0.3, 0.4) is 0 Å². The van der Waals surface area contributed by atoms with Gasteiger partial charge in [-0.2, -0.15) is 0 Å². The summed E-state index contributed by atoms with van der Waals surface area (Å²) in [6.45, 7) is 1.05. The first-order chi connectivity index (χ1) is 6.45. The van der Waals surface area contributed by atoms with E-state index < -0.39 is 0 Å². The van der Waals surface area contributed by atoms with Gasteiger partial charge < -0.3 is 9.84 Å². The third-order valence-corrected chi connectivity index (χ3v) is 2.73. The van der Waals surface area contributed by atoms with Crippen LogP contribution < -0.4 is 5.32 Å². The van der Waals surface area contributed by atoms with Crippen molar-refractivity contribution in [3.05, 3.63) is 12.3 Å². The number of nitrogens with zero attached hydrogens (tertiary/aromatic N) is 1. The fourth-order valence-electron chi connectivity index (χ4n) is 1.94. The summed E-state index contributed by atoms with van der Waals surface area (Å²) in [5.41, 5.74) is 0. The molecule has 0 bridgehead atoms. The third kappa shape index (κ3) is 2.47. The topological polar surface area (TPSA) is 38.1 Å². The SMILES string of the molecule is c1cc(NCC2CCCCC2)no1. The lowest BCUT2D eigenvalue weighted by molar-refractivity contribution is 0.371. The standard InChI is InChI=1S/C10H16N2O/c1-2-4-9(5-3-1)8-11-10-6-7-13-12-10/h6-7,9H,1-5,8H2,(H,11,12). The molecule has 1 aromatic heterocycles. The lowest BCUT2D eigenvalue weighted by atomic mass is 9.89. The Balaban J connectivity index is 1.72. The van der Waals surface area contributed by atoms with Crippen molar-refractivity contribution < 1.29 is 4.52 Å². The van der Waals surface area contributed by atoms with Crippen molar-refractivity contribution in [3.8, 4) is 0 Å². The van der Waals surface area contributed by atoms with Crippen LogP contribution in [0.15, 0.2) is 16.9 Å². The molecule has 72 valence electrons. The van der Waals surface area contributed by atoms with Crippen molar-refractivity contribution in [1.82, 2.24) is 5.16 Å². The van der Waals surface area contributed by atoms with Gasteiger partial charge in [0, 0.05) is 12.6 Å². The molecule has 13 heavy (non-hydrogen) atoms. The van der Waals surface area contributed by atoms with Crippen molar-refractivity contribution in [2.75, 3.05) is 11.9 Å². The summed E-state index contributed by atoms with van der Waals surface area (Å²) in [5, 5.41) is 7.10. The Hall–Kier alpha value is -0.990. The molecule has 3 heteroatoms. The molecule has 1 fully saturated rings. The van der Waals surface area contributed by atoms with Gasteiger partial charge >= 0.3 is 0 Å². The minimum Gasteiger partial charge on any atom is -0.367 e. The molecule has 0 atom stereocenters. The molecule has 0 aliphatic heterocycles. The minimum absolute atomic E-state index is 0.838. The Morgan fingerprint density at radius 3 is 2.92 bits per heavy atom. The normalized spacial score (nSPS) is 18.8. The molecule has 0 unspecified atom stereocenters. The molecule has 1 saturated carbocycles. The van der Waals surface area contributed by atoms with Crippen LogP contribution in [-0.4, -0.2) is 11.7 Å². The van der Waals surface area contributed by atoms with Crippen LogP contribution in [0.1, 0.15) is 32.1 Å². The molecule has 1 aromatic rings. The summed E-state index contributed by atoms with van der Waals surface area (Å²) in [7, 11) is 0. The van der Waals surface area contributed by atoms with E-state index in [4.69, 9.17) is 4.52 Å². The van der Waals surface area contributed by atoms with E-state index in [2.05, 4.69) is 10.5 Å². The molecule has 0 radical (unpaired) electrons.